The number of thioether (sulfide) groups is 1. The van der Waals surface area contributed by atoms with Crippen LogP contribution in [-0.2, 0) is 20.7 Å². The molecule has 2 N–H and O–H groups in total. The zero-order chi connectivity index (χ0) is 19.8. The maximum absolute atomic E-state index is 12.1. The van der Waals surface area contributed by atoms with E-state index in [-0.39, 0.29) is 24.1 Å². The second-order valence-corrected chi connectivity index (χ2v) is 9.37. The highest BCUT2D eigenvalue weighted by atomic mass is 32.2. The molecular formula is C17H23N5O3S3. The standard InChI is InChI=1S/C17H23N5O3S3/c1-2-25-14(24)8-12-9-26-15(19-12)20-13(23)10-27-17-22-21-16(28-17)18-11-6-4-3-5-7-11/h9,11H,2-8,10H2,1H3,(H,18,21)(H,19,20,23). The summed E-state index contributed by atoms with van der Waals surface area (Å²) in [5.74, 6) is -0.264. The lowest BCUT2D eigenvalue weighted by Crippen LogP contribution is -2.21. The number of carbonyl (C=O) groups is 2. The third kappa shape index (κ3) is 6.71. The highest BCUT2D eigenvalue weighted by Crippen LogP contribution is 2.28. The number of nitrogens with zero attached hydrogens (tertiary/aromatic N) is 3. The number of nitrogens with one attached hydrogen (secondary N) is 2. The fourth-order valence-corrected chi connectivity index (χ4v) is 5.19. The van der Waals surface area contributed by atoms with Gasteiger partial charge in [-0.1, -0.05) is 42.4 Å². The van der Waals surface area contributed by atoms with E-state index in [4.69, 9.17) is 4.74 Å². The number of amides is 1. The maximum atomic E-state index is 12.1. The molecule has 0 spiro atoms. The molecule has 1 aliphatic carbocycles. The lowest BCUT2D eigenvalue weighted by Gasteiger charge is -2.21. The number of carbonyl (C=O) groups excluding carboxylic acids is 2. The summed E-state index contributed by atoms with van der Waals surface area (Å²) in [5, 5.41) is 17.5. The van der Waals surface area contributed by atoms with Crippen LogP contribution >= 0.6 is 34.4 Å². The van der Waals surface area contributed by atoms with Gasteiger partial charge in [-0.2, -0.15) is 0 Å². The predicted octanol–water partition coefficient (Wildman–Crippen LogP) is 3.58. The summed E-state index contributed by atoms with van der Waals surface area (Å²) in [6.45, 7) is 2.10. The average Bonchev–Trinajstić information content (AvgIpc) is 3.30. The van der Waals surface area contributed by atoms with Gasteiger partial charge in [0.05, 0.1) is 24.5 Å². The molecule has 0 aromatic carbocycles. The van der Waals surface area contributed by atoms with Gasteiger partial charge in [-0.3, -0.25) is 9.59 Å². The third-order valence-corrected chi connectivity index (χ3v) is 6.89. The van der Waals surface area contributed by atoms with Gasteiger partial charge in [0.1, 0.15) is 0 Å². The van der Waals surface area contributed by atoms with E-state index >= 15 is 0 Å². The Morgan fingerprint density at radius 3 is 2.86 bits per heavy atom. The molecule has 8 nitrogen and oxygen atoms in total. The average molecular weight is 442 g/mol. The molecule has 28 heavy (non-hydrogen) atoms. The van der Waals surface area contributed by atoms with E-state index in [9.17, 15) is 9.59 Å². The van der Waals surface area contributed by atoms with Crippen LogP contribution in [0.3, 0.4) is 0 Å². The SMILES string of the molecule is CCOC(=O)Cc1csc(NC(=O)CSc2nnc(NC3CCCCC3)s2)n1. The van der Waals surface area contributed by atoms with E-state index in [1.165, 1.54) is 66.5 Å². The fraction of sp³-hybridized carbons (Fsp3) is 0.588. The Kier molecular flexibility index (Phi) is 8.04. The number of hydrogen-bond donors (Lipinski definition) is 2. The van der Waals surface area contributed by atoms with Gasteiger partial charge in [-0.25, -0.2) is 4.98 Å². The van der Waals surface area contributed by atoms with Crippen molar-refractivity contribution in [2.75, 3.05) is 23.0 Å². The Labute approximate surface area is 175 Å². The Morgan fingerprint density at radius 2 is 2.07 bits per heavy atom. The second-order valence-electron chi connectivity index (χ2n) is 6.32. The maximum Gasteiger partial charge on any atom is 0.311 e. The van der Waals surface area contributed by atoms with Crippen molar-refractivity contribution >= 4 is 56.6 Å². The van der Waals surface area contributed by atoms with Gasteiger partial charge in [0.25, 0.3) is 0 Å². The van der Waals surface area contributed by atoms with Gasteiger partial charge in [-0.05, 0) is 19.8 Å². The number of rotatable bonds is 9. The van der Waals surface area contributed by atoms with Crippen LogP contribution in [0.2, 0.25) is 0 Å². The molecule has 152 valence electrons. The Bertz CT molecular complexity index is 789. The first-order valence-electron chi connectivity index (χ1n) is 9.25. The summed E-state index contributed by atoms with van der Waals surface area (Å²) < 4.78 is 5.65. The molecule has 1 amide bonds. The van der Waals surface area contributed by atoms with Gasteiger partial charge < -0.3 is 15.4 Å². The van der Waals surface area contributed by atoms with E-state index in [0.29, 0.717) is 23.5 Å². The zero-order valence-corrected chi connectivity index (χ0v) is 18.1. The topological polar surface area (TPSA) is 106 Å². The summed E-state index contributed by atoms with van der Waals surface area (Å²) in [7, 11) is 0. The van der Waals surface area contributed by atoms with Crippen LogP contribution in [0.1, 0.15) is 44.7 Å². The smallest absolute Gasteiger partial charge is 0.311 e. The van der Waals surface area contributed by atoms with Crippen molar-refractivity contribution in [1.82, 2.24) is 15.2 Å². The molecule has 0 unspecified atom stereocenters. The molecular weight excluding hydrogens is 418 g/mol. The summed E-state index contributed by atoms with van der Waals surface area (Å²) in [5.41, 5.74) is 0.592. The van der Waals surface area contributed by atoms with E-state index in [0.717, 1.165) is 9.47 Å². The first kappa shape index (κ1) is 21.0. The van der Waals surface area contributed by atoms with Gasteiger partial charge in [0, 0.05) is 11.4 Å². The van der Waals surface area contributed by atoms with Crippen molar-refractivity contribution < 1.29 is 14.3 Å². The Morgan fingerprint density at radius 1 is 1.25 bits per heavy atom. The van der Waals surface area contributed by atoms with E-state index in [1.54, 1.807) is 12.3 Å². The first-order valence-corrected chi connectivity index (χ1v) is 11.9. The minimum absolute atomic E-state index is 0.108. The predicted molar refractivity (Wildman–Crippen MR) is 112 cm³/mol. The lowest BCUT2D eigenvalue weighted by molar-refractivity contribution is -0.142. The van der Waals surface area contributed by atoms with Gasteiger partial charge >= 0.3 is 5.97 Å². The van der Waals surface area contributed by atoms with E-state index in [1.807, 2.05) is 0 Å². The summed E-state index contributed by atoms with van der Waals surface area (Å²) in [6, 6.07) is 0.483. The third-order valence-electron chi connectivity index (χ3n) is 4.09. The van der Waals surface area contributed by atoms with Gasteiger partial charge in [0.2, 0.25) is 11.0 Å². The molecule has 1 aliphatic rings. The number of thiazole rings is 1. The largest absolute Gasteiger partial charge is 0.466 e. The molecule has 0 atom stereocenters. The van der Waals surface area contributed by atoms with Crippen LogP contribution in [0, 0.1) is 0 Å². The molecule has 11 heteroatoms. The van der Waals surface area contributed by atoms with Crippen LogP contribution in [0.15, 0.2) is 9.72 Å². The van der Waals surface area contributed by atoms with Crippen molar-refractivity contribution in [2.24, 2.45) is 0 Å². The molecule has 0 saturated heterocycles. The molecule has 0 bridgehead atoms. The molecule has 0 radical (unpaired) electrons. The molecule has 0 aliphatic heterocycles. The van der Waals surface area contributed by atoms with Crippen molar-refractivity contribution in [3.8, 4) is 0 Å². The molecule has 1 fully saturated rings. The first-order chi connectivity index (χ1) is 13.6. The number of aromatic nitrogens is 3. The van der Waals surface area contributed by atoms with Crippen molar-refractivity contribution in [3.63, 3.8) is 0 Å². The quantitative estimate of drug-likeness (QED) is 0.449. The minimum atomic E-state index is -0.324. The van der Waals surface area contributed by atoms with Crippen molar-refractivity contribution in [2.45, 2.75) is 55.8 Å². The van der Waals surface area contributed by atoms with Crippen molar-refractivity contribution in [3.05, 3.63) is 11.1 Å². The zero-order valence-electron chi connectivity index (χ0n) is 15.6. The van der Waals surface area contributed by atoms with Crippen LogP contribution in [0.25, 0.3) is 0 Å². The normalized spacial score (nSPS) is 14.6. The highest BCUT2D eigenvalue weighted by Gasteiger charge is 2.16. The summed E-state index contributed by atoms with van der Waals surface area (Å²) in [6.07, 6.45) is 6.30. The second kappa shape index (κ2) is 10.7. The van der Waals surface area contributed by atoms with Crippen LogP contribution < -0.4 is 10.6 Å². The number of hydrogen-bond acceptors (Lipinski definition) is 10. The van der Waals surface area contributed by atoms with Crippen molar-refractivity contribution in [1.29, 1.82) is 0 Å². The molecule has 2 heterocycles. The van der Waals surface area contributed by atoms with E-state index in [2.05, 4.69) is 25.8 Å². The highest BCUT2D eigenvalue weighted by molar-refractivity contribution is 8.01. The Balaban J connectivity index is 1.41. The lowest BCUT2D eigenvalue weighted by atomic mass is 9.96. The van der Waals surface area contributed by atoms with Crippen LogP contribution in [0.4, 0.5) is 10.3 Å². The van der Waals surface area contributed by atoms with Gasteiger partial charge in [-0.15, -0.1) is 21.5 Å². The van der Waals surface area contributed by atoms with Crippen LogP contribution in [-0.4, -0.2) is 45.5 Å². The minimum Gasteiger partial charge on any atom is -0.466 e. The molecule has 2 aromatic heterocycles. The van der Waals surface area contributed by atoms with Gasteiger partial charge in [0.15, 0.2) is 9.47 Å². The fourth-order valence-electron chi connectivity index (χ4n) is 2.84. The number of anilines is 2. The Hall–Kier alpha value is -1.72. The van der Waals surface area contributed by atoms with E-state index < -0.39 is 0 Å². The number of esters is 1. The number of ether oxygens (including phenoxy) is 1. The van der Waals surface area contributed by atoms with Crippen LogP contribution in [0.5, 0.6) is 0 Å². The molecule has 3 rings (SSSR count). The summed E-state index contributed by atoms with van der Waals surface area (Å²) >= 11 is 4.11. The monoisotopic (exact) mass is 441 g/mol. The molecule has 1 saturated carbocycles. The summed E-state index contributed by atoms with van der Waals surface area (Å²) in [4.78, 5) is 27.8. The molecule has 2 aromatic rings.